The summed E-state index contributed by atoms with van der Waals surface area (Å²) in [6, 6.07) is 7.71. The number of methoxy groups -OCH3 is 1. The fraction of sp³-hybridized carbons (Fsp3) is 0.412. The summed E-state index contributed by atoms with van der Waals surface area (Å²) in [5.41, 5.74) is 1.38. The molecule has 5 nitrogen and oxygen atoms in total. The zero-order chi connectivity index (χ0) is 16.7. The summed E-state index contributed by atoms with van der Waals surface area (Å²) in [5, 5.41) is 2.59. The molecule has 0 N–H and O–H groups in total. The molecule has 124 valence electrons. The summed E-state index contributed by atoms with van der Waals surface area (Å²) in [4.78, 5) is 18.6. The second-order valence-corrected chi connectivity index (χ2v) is 5.71. The van der Waals surface area contributed by atoms with Crippen molar-refractivity contribution < 1.29 is 14.3 Å². The van der Waals surface area contributed by atoms with Crippen molar-refractivity contribution in [3.63, 3.8) is 0 Å². The molecule has 1 amide bonds. The second-order valence-electron chi connectivity index (χ2n) is 4.85. The zero-order valence-electron chi connectivity index (χ0n) is 13.7. The molecule has 0 atom stereocenters. The van der Waals surface area contributed by atoms with E-state index in [0.717, 1.165) is 16.3 Å². The van der Waals surface area contributed by atoms with Crippen LogP contribution in [0.1, 0.15) is 24.3 Å². The van der Waals surface area contributed by atoms with E-state index in [1.54, 1.807) is 12.0 Å². The third-order valence-corrected chi connectivity index (χ3v) is 4.31. The van der Waals surface area contributed by atoms with Gasteiger partial charge in [0, 0.05) is 25.6 Å². The minimum absolute atomic E-state index is 0.0321. The Labute approximate surface area is 140 Å². The van der Waals surface area contributed by atoms with E-state index in [9.17, 15) is 4.79 Å². The van der Waals surface area contributed by atoms with Crippen LogP contribution in [0.25, 0.3) is 10.6 Å². The molecule has 23 heavy (non-hydrogen) atoms. The highest BCUT2D eigenvalue weighted by molar-refractivity contribution is 7.13. The molecule has 6 heteroatoms. The standard InChI is InChI=1S/C17H22N2O3S/c1-4-19(5-2)17(20)14-12-23-16(18-14)13-8-6-7-9-15(13)22-11-10-21-3/h6-9,12H,4-5,10-11H2,1-3H3. The lowest BCUT2D eigenvalue weighted by molar-refractivity contribution is 0.0768. The van der Waals surface area contributed by atoms with Gasteiger partial charge in [-0.05, 0) is 26.0 Å². The Morgan fingerprint density at radius 2 is 1.96 bits per heavy atom. The summed E-state index contributed by atoms with van der Waals surface area (Å²) < 4.78 is 10.7. The number of para-hydroxylation sites is 1. The van der Waals surface area contributed by atoms with Crippen LogP contribution in [-0.4, -0.2) is 49.2 Å². The second kappa shape index (κ2) is 8.64. The van der Waals surface area contributed by atoms with Crippen molar-refractivity contribution in [1.82, 2.24) is 9.88 Å². The fourth-order valence-electron chi connectivity index (χ4n) is 2.17. The highest BCUT2D eigenvalue weighted by Crippen LogP contribution is 2.32. The predicted molar refractivity (Wildman–Crippen MR) is 92.2 cm³/mol. The maximum absolute atomic E-state index is 12.4. The van der Waals surface area contributed by atoms with Gasteiger partial charge in [0.05, 0.1) is 12.2 Å². The molecule has 0 aliphatic heterocycles. The van der Waals surface area contributed by atoms with Gasteiger partial charge in [-0.2, -0.15) is 0 Å². The van der Waals surface area contributed by atoms with Crippen LogP contribution in [0.2, 0.25) is 0 Å². The largest absolute Gasteiger partial charge is 0.490 e. The number of carbonyl (C=O) groups excluding carboxylic acids is 1. The number of nitrogens with zero attached hydrogens (tertiary/aromatic N) is 2. The van der Waals surface area contributed by atoms with Crippen molar-refractivity contribution in [3.8, 4) is 16.3 Å². The quantitative estimate of drug-likeness (QED) is 0.695. The van der Waals surface area contributed by atoms with E-state index >= 15 is 0 Å². The number of rotatable bonds is 8. The molecule has 0 aliphatic rings. The van der Waals surface area contributed by atoms with E-state index in [2.05, 4.69) is 4.98 Å². The van der Waals surface area contributed by atoms with Crippen molar-refractivity contribution in [3.05, 3.63) is 35.3 Å². The van der Waals surface area contributed by atoms with E-state index in [-0.39, 0.29) is 5.91 Å². The normalized spacial score (nSPS) is 10.6. The van der Waals surface area contributed by atoms with Gasteiger partial charge in [0.25, 0.3) is 5.91 Å². The number of hydrogen-bond acceptors (Lipinski definition) is 5. The van der Waals surface area contributed by atoms with Crippen LogP contribution in [0, 0.1) is 0 Å². The minimum Gasteiger partial charge on any atom is -0.490 e. The predicted octanol–water partition coefficient (Wildman–Crippen LogP) is 3.32. The average molecular weight is 334 g/mol. The smallest absolute Gasteiger partial charge is 0.273 e. The van der Waals surface area contributed by atoms with Crippen LogP contribution in [0.3, 0.4) is 0 Å². The maximum Gasteiger partial charge on any atom is 0.273 e. The van der Waals surface area contributed by atoms with Crippen molar-refractivity contribution >= 4 is 17.2 Å². The molecule has 1 aromatic carbocycles. The Balaban J connectivity index is 2.22. The first-order valence-corrected chi connectivity index (χ1v) is 8.55. The number of aromatic nitrogens is 1. The Morgan fingerprint density at radius 1 is 1.22 bits per heavy atom. The Hall–Kier alpha value is -1.92. The summed E-state index contributed by atoms with van der Waals surface area (Å²) >= 11 is 1.45. The van der Waals surface area contributed by atoms with Gasteiger partial charge >= 0.3 is 0 Å². The highest BCUT2D eigenvalue weighted by atomic mass is 32.1. The number of thiazole rings is 1. The molecule has 0 radical (unpaired) electrons. The van der Waals surface area contributed by atoms with Crippen molar-refractivity contribution in [2.24, 2.45) is 0 Å². The van der Waals surface area contributed by atoms with Crippen LogP contribution < -0.4 is 4.74 Å². The Kier molecular flexibility index (Phi) is 6.55. The first kappa shape index (κ1) is 17.4. The molecule has 2 rings (SSSR count). The average Bonchev–Trinajstić information content (AvgIpc) is 3.06. The van der Waals surface area contributed by atoms with E-state index in [1.807, 2.05) is 43.5 Å². The van der Waals surface area contributed by atoms with Gasteiger partial charge < -0.3 is 14.4 Å². The molecular weight excluding hydrogens is 312 g/mol. The number of hydrogen-bond donors (Lipinski definition) is 0. The summed E-state index contributed by atoms with van der Waals surface area (Å²) in [5.74, 6) is 0.719. The number of ether oxygens (including phenoxy) is 2. The van der Waals surface area contributed by atoms with Gasteiger partial charge in [0.1, 0.15) is 23.1 Å². The molecule has 0 fully saturated rings. The van der Waals surface area contributed by atoms with Crippen LogP contribution >= 0.6 is 11.3 Å². The monoisotopic (exact) mass is 334 g/mol. The molecule has 1 aromatic heterocycles. The van der Waals surface area contributed by atoms with Crippen LogP contribution in [0.15, 0.2) is 29.6 Å². The number of benzene rings is 1. The lowest BCUT2D eigenvalue weighted by Crippen LogP contribution is -2.30. The molecule has 2 aromatic rings. The molecule has 0 aliphatic carbocycles. The third-order valence-electron chi connectivity index (χ3n) is 3.44. The van der Waals surface area contributed by atoms with E-state index < -0.39 is 0 Å². The van der Waals surface area contributed by atoms with E-state index in [1.165, 1.54) is 11.3 Å². The number of carbonyl (C=O) groups is 1. The SMILES string of the molecule is CCN(CC)C(=O)c1csc(-c2ccccc2OCCOC)n1. The topological polar surface area (TPSA) is 51.7 Å². The maximum atomic E-state index is 12.4. The molecule has 1 heterocycles. The molecular formula is C17H22N2O3S. The first-order valence-electron chi connectivity index (χ1n) is 7.67. The minimum atomic E-state index is -0.0321. The van der Waals surface area contributed by atoms with Gasteiger partial charge in [-0.1, -0.05) is 12.1 Å². The third kappa shape index (κ3) is 4.30. The summed E-state index contributed by atoms with van der Waals surface area (Å²) in [6.45, 7) is 6.29. The van der Waals surface area contributed by atoms with Gasteiger partial charge in [-0.15, -0.1) is 11.3 Å². The van der Waals surface area contributed by atoms with E-state index in [0.29, 0.717) is 32.0 Å². The highest BCUT2D eigenvalue weighted by Gasteiger charge is 2.18. The summed E-state index contributed by atoms with van der Waals surface area (Å²) in [6.07, 6.45) is 0. The molecule has 0 saturated heterocycles. The molecule has 0 unspecified atom stereocenters. The fourth-order valence-corrected chi connectivity index (χ4v) is 3.00. The van der Waals surface area contributed by atoms with Crippen molar-refractivity contribution in [1.29, 1.82) is 0 Å². The van der Waals surface area contributed by atoms with Crippen molar-refractivity contribution in [2.75, 3.05) is 33.4 Å². The van der Waals surface area contributed by atoms with Gasteiger partial charge in [-0.25, -0.2) is 4.98 Å². The van der Waals surface area contributed by atoms with E-state index in [4.69, 9.17) is 9.47 Å². The molecule has 0 saturated carbocycles. The Morgan fingerprint density at radius 3 is 2.65 bits per heavy atom. The van der Waals surface area contributed by atoms with Crippen LogP contribution in [0.4, 0.5) is 0 Å². The van der Waals surface area contributed by atoms with Crippen molar-refractivity contribution in [2.45, 2.75) is 13.8 Å². The lowest BCUT2D eigenvalue weighted by Gasteiger charge is -2.16. The van der Waals surface area contributed by atoms with Crippen LogP contribution in [0.5, 0.6) is 5.75 Å². The zero-order valence-corrected chi connectivity index (χ0v) is 14.6. The Bertz CT molecular complexity index is 638. The lowest BCUT2D eigenvalue weighted by atomic mass is 10.2. The number of amides is 1. The van der Waals surface area contributed by atoms with Gasteiger partial charge in [0.15, 0.2) is 0 Å². The van der Waals surface area contributed by atoms with Gasteiger partial charge in [-0.3, -0.25) is 4.79 Å². The first-order chi connectivity index (χ1) is 11.2. The van der Waals surface area contributed by atoms with Crippen LogP contribution in [-0.2, 0) is 4.74 Å². The van der Waals surface area contributed by atoms with Gasteiger partial charge in [0.2, 0.25) is 0 Å². The summed E-state index contributed by atoms with van der Waals surface area (Å²) in [7, 11) is 1.64. The molecule has 0 bridgehead atoms. The molecule has 0 spiro atoms.